The van der Waals surface area contributed by atoms with Gasteiger partial charge in [0.15, 0.2) is 0 Å². The molecule has 0 fully saturated rings. The molecule has 0 amide bonds. The largest absolute Gasteiger partial charge is 0.271 e. The zero-order valence-corrected chi connectivity index (χ0v) is 11.0. The maximum absolute atomic E-state index is 5.64. The first kappa shape index (κ1) is 12.5. The zero-order chi connectivity index (χ0) is 13.9. The normalized spacial score (nSPS) is 12.5. The van der Waals surface area contributed by atoms with Gasteiger partial charge < -0.3 is 0 Å². The van der Waals surface area contributed by atoms with Crippen molar-refractivity contribution in [1.29, 1.82) is 0 Å². The molecule has 1 atom stereocenters. The lowest BCUT2D eigenvalue weighted by Gasteiger charge is -2.13. The van der Waals surface area contributed by atoms with Gasteiger partial charge in [-0.05, 0) is 18.2 Å². The molecule has 3 aromatic rings. The van der Waals surface area contributed by atoms with Gasteiger partial charge in [-0.2, -0.15) is 20.1 Å². The molecular weight excluding hydrogens is 254 g/mol. The molecule has 0 spiro atoms. The number of aromatic nitrogens is 5. The number of nitrogens with zero attached hydrogens (tertiary/aromatic N) is 5. The summed E-state index contributed by atoms with van der Waals surface area (Å²) in [6.45, 7) is 0. The van der Waals surface area contributed by atoms with Gasteiger partial charge in [-0.25, -0.2) is 5.43 Å². The van der Waals surface area contributed by atoms with E-state index < -0.39 is 0 Å². The summed E-state index contributed by atoms with van der Waals surface area (Å²) < 4.78 is 1.76. The summed E-state index contributed by atoms with van der Waals surface area (Å²) in [6.07, 6.45) is 3.42. The van der Waals surface area contributed by atoms with Gasteiger partial charge in [0, 0.05) is 13.2 Å². The quantitative estimate of drug-likeness (QED) is 0.533. The van der Waals surface area contributed by atoms with Gasteiger partial charge in [0.25, 0.3) is 0 Å². The second-order valence-electron chi connectivity index (χ2n) is 4.37. The number of para-hydroxylation sites is 1. The van der Waals surface area contributed by atoms with Crippen LogP contribution in [-0.4, -0.2) is 24.8 Å². The Balaban J connectivity index is 1.95. The molecule has 0 bridgehead atoms. The SMILES string of the molecule is Cn1nccc1C(NN)c1cnn(-c2ccccc2)n1. The van der Waals surface area contributed by atoms with Crippen molar-refractivity contribution in [3.05, 3.63) is 60.2 Å². The average molecular weight is 269 g/mol. The lowest BCUT2D eigenvalue weighted by molar-refractivity contribution is 0.558. The van der Waals surface area contributed by atoms with E-state index in [9.17, 15) is 0 Å². The number of nitrogens with two attached hydrogens (primary N) is 1. The summed E-state index contributed by atoms with van der Waals surface area (Å²) in [5.74, 6) is 5.64. The first-order valence-electron chi connectivity index (χ1n) is 6.21. The van der Waals surface area contributed by atoms with Gasteiger partial charge in [-0.1, -0.05) is 18.2 Å². The second kappa shape index (κ2) is 5.24. The number of benzene rings is 1. The predicted molar refractivity (Wildman–Crippen MR) is 73.7 cm³/mol. The summed E-state index contributed by atoms with van der Waals surface area (Å²) in [6, 6.07) is 11.4. The van der Waals surface area contributed by atoms with Crippen LogP contribution in [0.1, 0.15) is 17.4 Å². The highest BCUT2D eigenvalue weighted by Gasteiger charge is 2.19. The number of hydrogen-bond donors (Lipinski definition) is 2. The van der Waals surface area contributed by atoms with Crippen LogP contribution >= 0.6 is 0 Å². The maximum atomic E-state index is 5.64. The molecule has 2 aromatic heterocycles. The summed E-state index contributed by atoms with van der Waals surface area (Å²) in [4.78, 5) is 1.58. The van der Waals surface area contributed by atoms with E-state index in [4.69, 9.17) is 5.84 Å². The average Bonchev–Trinajstić information content (AvgIpc) is 3.12. The molecular formula is C13H15N7. The molecule has 0 aliphatic rings. The molecule has 0 saturated carbocycles. The highest BCUT2D eigenvalue weighted by molar-refractivity contribution is 5.29. The highest BCUT2D eigenvalue weighted by atomic mass is 15.5. The first-order chi connectivity index (χ1) is 9.79. The Morgan fingerprint density at radius 1 is 1.15 bits per heavy atom. The monoisotopic (exact) mass is 269 g/mol. The van der Waals surface area contributed by atoms with Gasteiger partial charge in [0.2, 0.25) is 0 Å². The number of hydrogen-bond acceptors (Lipinski definition) is 5. The van der Waals surface area contributed by atoms with Crippen LogP contribution in [0.5, 0.6) is 0 Å². The summed E-state index contributed by atoms with van der Waals surface area (Å²) >= 11 is 0. The maximum Gasteiger partial charge on any atom is 0.108 e. The minimum Gasteiger partial charge on any atom is -0.271 e. The van der Waals surface area contributed by atoms with Crippen LogP contribution in [0.15, 0.2) is 48.8 Å². The van der Waals surface area contributed by atoms with E-state index in [1.807, 2.05) is 43.4 Å². The van der Waals surface area contributed by atoms with Crippen molar-refractivity contribution < 1.29 is 0 Å². The van der Waals surface area contributed by atoms with E-state index in [0.717, 1.165) is 17.1 Å². The number of aryl methyl sites for hydroxylation is 1. The van der Waals surface area contributed by atoms with E-state index in [-0.39, 0.29) is 6.04 Å². The standard InChI is InChI=1S/C13H15N7/c1-19-12(7-8-15-19)13(17-14)11-9-16-20(18-11)10-5-3-2-4-6-10/h2-9,13,17H,14H2,1H3. The lowest BCUT2D eigenvalue weighted by Crippen LogP contribution is -2.30. The first-order valence-corrected chi connectivity index (χ1v) is 6.21. The van der Waals surface area contributed by atoms with Crippen molar-refractivity contribution in [2.45, 2.75) is 6.04 Å². The van der Waals surface area contributed by atoms with Crippen molar-refractivity contribution in [2.24, 2.45) is 12.9 Å². The Morgan fingerprint density at radius 2 is 1.95 bits per heavy atom. The fourth-order valence-electron chi connectivity index (χ4n) is 2.08. The van der Waals surface area contributed by atoms with Crippen LogP contribution in [0.4, 0.5) is 0 Å². The molecule has 0 radical (unpaired) electrons. The Labute approximate surface area is 116 Å². The molecule has 1 aromatic carbocycles. The van der Waals surface area contributed by atoms with Crippen LogP contribution in [0, 0.1) is 0 Å². The molecule has 7 nitrogen and oxygen atoms in total. The Hall–Kier alpha value is -2.51. The number of rotatable bonds is 4. The Morgan fingerprint density at radius 3 is 2.60 bits per heavy atom. The van der Waals surface area contributed by atoms with E-state index >= 15 is 0 Å². The third kappa shape index (κ3) is 2.20. The van der Waals surface area contributed by atoms with E-state index in [1.165, 1.54) is 0 Å². The summed E-state index contributed by atoms with van der Waals surface area (Å²) in [5.41, 5.74) is 5.31. The van der Waals surface area contributed by atoms with Crippen molar-refractivity contribution >= 4 is 0 Å². The molecule has 20 heavy (non-hydrogen) atoms. The zero-order valence-electron chi connectivity index (χ0n) is 11.0. The van der Waals surface area contributed by atoms with Gasteiger partial charge in [0.05, 0.1) is 17.6 Å². The van der Waals surface area contributed by atoms with Gasteiger partial charge in [0.1, 0.15) is 11.7 Å². The molecule has 0 aliphatic carbocycles. The third-order valence-corrected chi connectivity index (χ3v) is 3.11. The molecule has 1 unspecified atom stereocenters. The van der Waals surface area contributed by atoms with Crippen LogP contribution in [0.3, 0.4) is 0 Å². The van der Waals surface area contributed by atoms with Crippen LogP contribution < -0.4 is 11.3 Å². The molecule has 0 aliphatic heterocycles. The van der Waals surface area contributed by atoms with E-state index in [2.05, 4.69) is 20.7 Å². The molecule has 0 saturated heterocycles. The smallest absolute Gasteiger partial charge is 0.108 e. The number of hydrazine groups is 1. The number of nitrogens with one attached hydrogen (secondary N) is 1. The van der Waals surface area contributed by atoms with E-state index in [1.54, 1.807) is 21.9 Å². The fourth-order valence-corrected chi connectivity index (χ4v) is 2.08. The minimum absolute atomic E-state index is 0.250. The fraction of sp³-hybridized carbons (Fsp3) is 0.154. The molecule has 102 valence electrons. The van der Waals surface area contributed by atoms with Crippen LogP contribution in [0.25, 0.3) is 5.69 Å². The Bertz CT molecular complexity index is 686. The summed E-state index contributed by atoms with van der Waals surface area (Å²) in [5, 5.41) is 12.9. The van der Waals surface area contributed by atoms with Crippen LogP contribution in [0.2, 0.25) is 0 Å². The van der Waals surface area contributed by atoms with Crippen molar-refractivity contribution in [3.63, 3.8) is 0 Å². The third-order valence-electron chi connectivity index (χ3n) is 3.11. The van der Waals surface area contributed by atoms with Crippen LogP contribution in [-0.2, 0) is 7.05 Å². The van der Waals surface area contributed by atoms with Crippen molar-refractivity contribution in [1.82, 2.24) is 30.2 Å². The van der Waals surface area contributed by atoms with Crippen molar-refractivity contribution in [3.8, 4) is 5.69 Å². The molecule has 2 heterocycles. The molecule has 3 N–H and O–H groups in total. The minimum atomic E-state index is -0.250. The Kier molecular flexibility index (Phi) is 3.28. The predicted octanol–water partition coefficient (Wildman–Crippen LogP) is 0.553. The molecule has 3 rings (SSSR count). The molecule has 7 heteroatoms. The van der Waals surface area contributed by atoms with Gasteiger partial charge in [-0.3, -0.25) is 10.5 Å². The summed E-state index contributed by atoms with van der Waals surface area (Å²) in [7, 11) is 1.86. The second-order valence-corrected chi connectivity index (χ2v) is 4.37. The topological polar surface area (TPSA) is 86.6 Å². The lowest BCUT2D eigenvalue weighted by atomic mass is 10.1. The highest BCUT2D eigenvalue weighted by Crippen LogP contribution is 2.18. The van der Waals surface area contributed by atoms with Gasteiger partial charge in [-0.15, -0.1) is 0 Å². The van der Waals surface area contributed by atoms with Crippen molar-refractivity contribution in [2.75, 3.05) is 0 Å². The van der Waals surface area contributed by atoms with E-state index in [0.29, 0.717) is 0 Å². The van der Waals surface area contributed by atoms with Gasteiger partial charge >= 0.3 is 0 Å².